The van der Waals surface area contributed by atoms with Gasteiger partial charge in [0.25, 0.3) is 0 Å². The van der Waals surface area contributed by atoms with E-state index in [1.165, 1.54) is 5.56 Å². The summed E-state index contributed by atoms with van der Waals surface area (Å²) in [7, 11) is 0. The van der Waals surface area contributed by atoms with Gasteiger partial charge in [-0.25, -0.2) is 4.98 Å². The van der Waals surface area contributed by atoms with Gasteiger partial charge in [-0.1, -0.05) is 19.1 Å². The lowest BCUT2D eigenvalue weighted by molar-refractivity contribution is -0.108. The summed E-state index contributed by atoms with van der Waals surface area (Å²) < 4.78 is 2.04. The number of imidazole rings is 1. The van der Waals surface area contributed by atoms with Crippen molar-refractivity contribution in [3.8, 4) is 5.69 Å². The standard InChI is InChI=1S/C14H16N2O/c1-11(6-9-17)13-4-3-5-14(10-13)16-8-7-15-12(16)2/h3-5,7-11H,6H2,1-2H3. The minimum atomic E-state index is 0.260. The molecule has 0 fully saturated rings. The van der Waals surface area contributed by atoms with Crippen molar-refractivity contribution in [1.29, 1.82) is 0 Å². The maximum atomic E-state index is 10.5. The van der Waals surface area contributed by atoms with Crippen molar-refractivity contribution in [2.24, 2.45) is 0 Å². The molecular formula is C14H16N2O. The van der Waals surface area contributed by atoms with Crippen LogP contribution >= 0.6 is 0 Å². The zero-order chi connectivity index (χ0) is 12.3. The van der Waals surface area contributed by atoms with Crippen LogP contribution in [0.1, 0.15) is 30.7 Å². The monoisotopic (exact) mass is 228 g/mol. The third-order valence-corrected chi connectivity index (χ3v) is 2.99. The van der Waals surface area contributed by atoms with Gasteiger partial charge in [-0.15, -0.1) is 0 Å². The molecule has 0 saturated carbocycles. The molecular weight excluding hydrogens is 212 g/mol. The van der Waals surface area contributed by atoms with Crippen LogP contribution < -0.4 is 0 Å². The van der Waals surface area contributed by atoms with E-state index in [0.717, 1.165) is 17.8 Å². The molecule has 0 amide bonds. The molecule has 1 aromatic carbocycles. The Morgan fingerprint density at radius 1 is 1.47 bits per heavy atom. The lowest BCUT2D eigenvalue weighted by Gasteiger charge is -2.11. The first kappa shape index (κ1) is 11.6. The van der Waals surface area contributed by atoms with Gasteiger partial charge in [-0.2, -0.15) is 0 Å². The molecule has 0 saturated heterocycles. The van der Waals surface area contributed by atoms with Crippen LogP contribution in [-0.2, 0) is 4.79 Å². The highest BCUT2D eigenvalue weighted by atomic mass is 16.1. The van der Waals surface area contributed by atoms with Crippen molar-refractivity contribution in [1.82, 2.24) is 9.55 Å². The number of carbonyl (C=O) groups is 1. The van der Waals surface area contributed by atoms with E-state index in [9.17, 15) is 4.79 Å². The number of aryl methyl sites for hydroxylation is 1. The molecule has 0 N–H and O–H groups in total. The van der Waals surface area contributed by atoms with Crippen molar-refractivity contribution >= 4 is 6.29 Å². The molecule has 1 unspecified atom stereocenters. The van der Waals surface area contributed by atoms with Gasteiger partial charge in [-0.3, -0.25) is 0 Å². The smallest absolute Gasteiger partial charge is 0.120 e. The van der Waals surface area contributed by atoms with Crippen molar-refractivity contribution < 1.29 is 4.79 Å². The molecule has 0 radical (unpaired) electrons. The normalized spacial score (nSPS) is 12.4. The Hall–Kier alpha value is -1.90. The number of aldehydes is 1. The molecule has 3 nitrogen and oxygen atoms in total. The van der Waals surface area contributed by atoms with Gasteiger partial charge >= 0.3 is 0 Å². The zero-order valence-corrected chi connectivity index (χ0v) is 10.1. The predicted octanol–water partition coefficient (Wildman–Crippen LogP) is 2.87. The quantitative estimate of drug-likeness (QED) is 0.754. The van der Waals surface area contributed by atoms with E-state index in [1.807, 2.05) is 29.8 Å². The number of aromatic nitrogens is 2. The van der Waals surface area contributed by atoms with Crippen LogP contribution in [0.5, 0.6) is 0 Å². The van der Waals surface area contributed by atoms with Crippen molar-refractivity contribution in [3.05, 3.63) is 48.0 Å². The number of hydrogen-bond acceptors (Lipinski definition) is 2. The van der Waals surface area contributed by atoms with Crippen LogP contribution in [0.4, 0.5) is 0 Å². The second-order valence-electron chi connectivity index (χ2n) is 4.24. The average Bonchev–Trinajstić information content (AvgIpc) is 2.76. The summed E-state index contributed by atoms with van der Waals surface area (Å²) in [6, 6.07) is 8.24. The number of benzene rings is 1. The zero-order valence-electron chi connectivity index (χ0n) is 10.1. The predicted molar refractivity (Wildman–Crippen MR) is 67.4 cm³/mol. The van der Waals surface area contributed by atoms with Crippen molar-refractivity contribution in [2.75, 3.05) is 0 Å². The summed E-state index contributed by atoms with van der Waals surface area (Å²) in [6.07, 6.45) is 5.27. The van der Waals surface area contributed by atoms with E-state index in [2.05, 4.69) is 24.0 Å². The molecule has 1 atom stereocenters. The second kappa shape index (κ2) is 4.95. The van der Waals surface area contributed by atoms with Gasteiger partial charge in [0.15, 0.2) is 0 Å². The molecule has 0 spiro atoms. The van der Waals surface area contributed by atoms with Crippen LogP contribution in [0.25, 0.3) is 5.69 Å². The first-order valence-electron chi connectivity index (χ1n) is 5.76. The first-order chi connectivity index (χ1) is 8.22. The van der Waals surface area contributed by atoms with E-state index in [1.54, 1.807) is 6.20 Å². The van der Waals surface area contributed by atoms with Crippen LogP contribution in [0.2, 0.25) is 0 Å². The van der Waals surface area contributed by atoms with E-state index >= 15 is 0 Å². The SMILES string of the molecule is Cc1nccn1-c1cccc(C(C)CC=O)c1. The Bertz CT molecular complexity index is 516. The largest absolute Gasteiger partial charge is 0.304 e. The van der Waals surface area contributed by atoms with Crippen molar-refractivity contribution in [2.45, 2.75) is 26.2 Å². The average molecular weight is 228 g/mol. The van der Waals surface area contributed by atoms with E-state index < -0.39 is 0 Å². The van der Waals surface area contributed by atoms with Gasteiger partial charge in [-0.05, 0) is 30.5 Å². The number of hydrogen-bond donors (Lipinski definition) is 0. The Balaban J connectivity index is 2.35. The van der Waals surface area contributed by atoms with E-state index in [0.29, 0.717) is 6.42 Å². The molecule has 0 bridgehead atoms. The minimum absolute atomic E-state index is 0.260. The van der Waals surface area contributed by atoms with Crippen molar-refractivity contribution in [3.63, 3.8) is 0 Å². The highest BCUT2D eigenvalue weighted by Gasteiger charge is 2.07. The maximum Gasteiger partial charge on any atom is 0.120 e. The summed E-state index contributed by atoms with van der Waals surface area (Å²) >= 11 is 0. The molecule has 88 valence electrons. The summed E-state index contributed by atoms with van der Waals surface area (Å²) in [6.45, 7) is 4.04. The summed E-state index contributed by atoms with van der Waals surface area (Å²) in [4.78, 5) is 14.8. The van der Waals surface area contributed by atoms with Gasteiger partial charge < -0.3 is 9.36 Å². The molecule has 3 heteroatoms. The number of rotatable bonds is 4. The van der Waals surface area contributed by atoms with Gasteiger partial charge in [0.2, 0.25) is 0 Å². The molecule has 1 heterocycles. The Morgan fingerprint density at radius 2 is 2.29 bits per heavy atom. The fourth-order valence-corrected chi connectivity index (χ4v) is 1.91. The molecule has 0 aliphatic carbocycles. The van der Waals surface area contributed by atoms with Gasteiger partial charge in [0.05, 0.1) is 0 Å². The van der Waals surface area contributed by atoms with E-state index in [4.69, 9.17) is 0 Å². The van der Waals surface area contributed by atoms with Gasteiger partial charge in [0, 0.05) is 24.5 Å². The first-order valence-corrected chi connectivity index (χ1v) is 5.76. The number of carbonyl (C=O) groups excluding carboxylic acids is 1. The Labute approximate surface area is 101 Å². The Kier molecular flexibility index (Phi) is 3.38. The highest BCUT2D eigenvalue weighted by Crippen LogP contribution is 2.21. The summed E-state index contributed by atoms with van der Waals surface area (Å²) in [5.41, 5.74) is 2.28. The molecule has 17 heavy (non-hydrogen) atoms. The Morgan fingerprint density at radius 3 is 2.94 bits per heavy atom. The van der Waals surface area contributed by atoms with E-state index in [-0.39, 0.29) is 5.92 Å². The fraction of sp³-hybridized carbons (Fsp3) is 0.286. The van der Waals surface area contributed by atoms with Crippen LogP contribution in [0.3, 0.4) is 0 Å². The summed E-state index contributed by atoms with van der Waals surface area (Å²) in [5.74, 6) is 1.22. The molecule has 2 rings (SSSR count). The third-order valence-electron chi connectivity index (χ3n) is 2.99. The van der Waals surface area contributed by atoms with Crippen LogP contribution in [0, 0.1) is 6.92 Å². The fourth-order valence-electron chi connectivity index (χ4n) is 1.91. The third kappa shape index (κ3) is 2.44. The highest BCUT2D eigenvalue weighted by molar-refractivity contribution is 5.52. The molecule has 0 aliphatic rings. The minimum Gasteiger partial charge on any atom is -0.304 e. The van der Waals surface area contributed by atoms with Crippen LogP contribution in [0.15, 0.2) is 36.7 Å². The lowest BCUT2D eigenvalue weighted by atomic mass is 9.98. The second-order valence-corrected chi connectivity index (χ2v) is 4.24. The van der Waals surface area contributed by atoms with Gasteiger partial charge in [0.1, 0.15) is 12.1 Å². The number of nitrogens with zero attached hydrogens (tertiary/aromatic N) is 2. The lowest BCUT2D eigenvalue weighted by Crippen LogP contribution is -1.99. The summed E-state index contributed by atoms with van der Waals surface area (Å²) in [5, 5.41) is 0. The van der Waals surface area contributed by atoms with Crippen LogP contribution in [-0.4, -0.2) is 15.8 Å². The molecule has 0 aliphatic heterocycles. The topological polar surface area (TPSA) is 34.9 Å². The molecule has 1 aromatic heterocycles. The maximum absolute atomic E-state index is 10.5. The molecule has 2 aromatic rings.